The zero-order valence-electron chi connectivity index (χ0n) is 29.0. The van der Waals surface area contributed by atoms with E-state index in [0.717, 1.165) is 49.4 Å². The largest absolute Gasteiger partial charge is 0.456 e. The molecule has 7 aromatic carbocycles. The lowest BCUT2D eigenvalue weighted by Crippen LogP contribution is -2.43. The third kappa shape index (κ3) is 4.29. The fourth-order valence-electron chi connectivity index (χ4n) is 8.31. The molecule has 244 valence electrons. The van der Waals surface area contributed by atoms with Crippen LogP contribution in [0.15, 0.2) is 144 Å². The van der Waals surface area contributed by atoms with Gasteiger partial charge in [0.15, 0.2) is 17.5 Å². The first-order chi connectivity index (χ1) is 24.8. The first-order valence-corrected chi connectivity index (χ1v) is 17.6. The van der Waals surface area contributed by atoms with Crippen molar-refractivity contribution in [3.05, 3.63) is 151 Å². The van der Waals surface area contributed by atoms with Gasteiger partial charge in [-0.25, -0.2) is 15.0 Å². The van der Waals surface area contributed by atoms with E-state index in [0.29, 0.717) is 17.5 Å². The van der Waals surface area contributed by atoms with Crippen LogP contribution in [0, 0.1) is 0 Å². The molecule has 0 saturated carbocycles. The standard InChI is InChI=1S/C47H35N3O/c1-46(2)37-20-12-10-18-32(37)35-26-30(23-25-38(35)47(46,3)4)44-48-43(29-15-6-5-7-16-29)49-45(50-44)36-27-40-42(34-19-11-13-21-39(34)51-40)41-31-17-9-8-14-28(31)22-24-33(36)41/h5-27H,1-4H3. The molecular formula is C47H35N3O. The summed E-state index contributed by atoms with van der Waals surface area (Å²) in [5, 5.41) is 6.77. The predicted octanol–water partition coefficient (Wildman–Crippen LogP) is 12.3. The highest BCUT2D eigenvalue weighted by Gasteiger charge is 2.45. The maximum absolute atomic E-state index is 6.56. The van der Waals surface area contributed by atoms with Crippen molar-refractivity contribution in [2.45, 2.75) is 38.5 Å². The minimum absolute atomic E-state index is 0.0422. The number of hydrogen-bond acceptors (Lipinski definition) is 4. The normalized spacial score (nSPS) is 14.6. The van der Waals surface area contributed by atoms with Crippen molar-refractivity contribution in [3.63, 3.8) is 0 Å². The summed E-state index contributed by atoms with van der Waals surface area (Å²) in [6.07, 6.45) is 0. The molecule has 0 N–H and O–H groups in total. The van der Waals surface area contributed by atoms with E-state index in [9.17, 15) is 0 Å². The number of benzene rings is 7. The van der Waals surface area contributed by atoms with Gasteiger partial charge in [0.1, 0.15) is 11.2 Å². The van der Waals surface area contributed by atoms with E-state index in [4.69, 9.17) is 19.4 Å². The Bertz CT molecular complexity index is 2860. The minimum atomic E-state index is -0.0850. The monoisotopic (exact) mass is 657 g/mol. The minimum Gasteiger partial charge on any atom is -0.456 e. The third-order valence-corrected chi connectivity index (χ3v) is 11.7. The molecule has 0 amide bonds. The van der Waals surface area contributed by atoms with Gasteiger partial charge < -0.3 is 4.42 Å². The van der Waals surface area contributed by atoms with Crippen molar-refractivity contribution in [3.8, 4) is 45.3 Å². The predicted molar refractivity (Wildman–Crippen MR) is 210 cm³/mol. The lowest BCUT2D eigenvalue weighted by Gasteiger charge is -2.48. The molecule has 1 aliphatic rings. The van der Waals surface area contributed by atoms with Crippen molar-refractivity contribution in [1.82, 2.24) is 15.0 Å². The Labute approximate surface area is 296 Å². The van der Waals surface area contributed by atoms with Crippen molar-refractivity contribution >= 4 is 43.5 Å². The van der Waals surface area contributed by atoms with Gasteiger partial charge >= 0.3 is 0 Å². The maximum Gasteiger partial charge on any atom is 0.164 e. The van der Waals surface area contributed by atoms with E-state index in [1.807, 2.05) is 30.3 Å². The molecule has 51 heavy (non-hydrogen) atoms. The molecule has 0 bridgehead atoms. The highest BCUT2D eigenvalue weighted by Crippen LogP contribution is 2.54. The highest BCUT2D eigenvalue weighted by molar-refractivity contribution is 6.29. The van der Waals surface area contributed by atoms with Crippen molar-refractivity contribution in [2.75, 3.05) is 0 Å². The molecule has 10 rings (SSSR count). The first kappa shape index (κ1) is 29.8. The number of furan rings is 1. The van der Waals surface area contributed by atoms with Crippen LogP contribution in [-0.2, 0) is 10.8 Å². The summed E-state index contributed by atoms with van der Waals surface area (Å²) < 4.78 is 6.56. The number of hydrogen-bond donors (Lipinski definition) is 0. The molecule has 2 aromatic heterocycles. The van der Waals surface area contributed by atoms with E-state index in [1.165, 1.54) is 33.0 Å². The molecule has 0 saturated heterocycles. The van der Waals surface area contributed by atoms with Gasteiger partial charge in [-0.05, 0) is 67.4 Å². The van der Waals surface area contributed by atoms with Crippen LogP contribution in [0.4, 0.5) is 0 Å². The van der Waals surface area contributed by atoms with Gasteiger partial charge in [-0.1, -0.05) is 149 Å². The van der Waals surface area contributed by atoms with Gasteiger partial charge in [0.05, 0.1) is 0 Å². The number of rotatable bonds is 3. The number of fused-ring (bicyclic) bond motifs is 10. The molecule has 9 aromatic rings. The topological polar surface area (TPSA) is 51.8 Å². The summed E-state index contributed by atoms with van der Waals surface area (Å²) in [5.74, 6) is 1.88. The second kappa shape index (κ2) is 10.7. The number of nitrogens with zero attached hydrogens (tertiary/aromatic N) is 3. The van der Waals surface area contributed by atoms with Crippen LogP contribution in [0.25, 0.3) is 88.8 Å². The van der Waals surface area contributed by atoms with Crippen LogP contribution < -0.4 is 0 Å². The van der Waals surface area contributed by atoms with Crippen LogP contribution in [0.2, 0.25) is 0 Å². The first-order valence-electron chi connectivity index (χ1n) is 17.6. The second-order valence-electron chi connectivity index (χ2n) is 14.8. The van der Waals surface area contributed by atoms with Gasteiger partial charge in [0.25, 0.3) is 0 Å². The zero-order valence-corrected chi connectivity index (χ0v) is 29.0. The van der Waals surface area contributed by atoms with Crippen LogP contribution in [0.3, 0.4) is 0 Å². The smallest absolute Gasteiger partial charge is 0.164 e. The molecule has 0 aliphatic heterocycles. The number of para-hydroxylation sites is 1. The Morgan fingerprint density at radius 1 is 0.412 bits per heavy atom. The van der Waals surface area contributed by atoms with Gasteiger partial charge in [-0.2, -0.15) is 0 Å². The highest BCUT2D eigenvalue weighted by atomic mass is 16.3. The Hall–Kier alpha value is -6.13. The SMILES string of the molecule is CC1(C)c2ccccc2-c2cc(-c3nc(-c4ccccc4)nc(-c4cc5oc6ccccc6c5c5c4ccc4ccccc45)n3)ccc2C1(C)C. The van der Waals surface area contributed by atoms with Crippen LogP contribution in [-0.4, -0.2) is 15.0 Å². The van der Waals surface area contributed by atoms with Gasteiger partial charge in [0.2, 0.25) is 0 Å². The summed E-state index contributed by atoms with van der Waals surface area (Å²) in [5.41, 5.74) is 9.55. The second-order valence-corrected chi connectivity index (χ2v) is 14.8. The average Bonchev–Trinajstić information content (AvgIpc) is 3.55. The lowest BCUT2D eigenvalue weighted by atomic mass is 9.55. The van der Waals surface area contributed by atoms with E-state index >= 15 is 0 Å². The summed E-state index contributed by atoms with van der Waals surface area (Å²) in [7, 11) is 0. The van der Waals surface area contributed by atoms with Gasteiger partial charge in [-0.3, -0.25) is 0 Å². The van der Waals surface area contributed by atoms with E-state index < -0.39 is 0 Å². The fraction of sp³-hybridized carbons (Fsp3) is 0.128. The van der Waals surface area contributed by atoms with Crippen LogP contribution >= 0.6 is 0 Å². The molecule has 0 spiro atoms. The third-order valence-electron chi connectivity index (χ3n) is 11.7. The Morgan fingerprint density at radius 2 is 1.06 bits per heavy atom. The fourth-order valence-corrected chi connectivity index (χ4v) is 8.31. The Kier molecular flexibility index (Phi) is 6.23. The van der Waals surface area contributed by atoms with Crippen LogP contribution in [0.5, 0.6) is 0 Å². The van der Waals surface area contributed by atoms with Crippen LogP contribution in [0.1, 0.15) is 38.8 Å². The Balaban J connectivity index is 1.27. The van der Waals surface area contributed by atoms with Crippen molar-refractivity contribution in [1.29, 1.82) is 0 Å². The quantitative estimate of drug-likeness (QED) is 0.177. The van der Waals surface area contributed by atoms with Gasteiger partial charge in [0, 0.05) is 32.8 Å². The summed E-state index contributed by atoms with van der Waals surface area (Å²) in [6.45, 7) is 9.44. The van der Waals surface area contributed by atoms with Crippen molar-refractivity contribution < 1.29 is 4.42 Å². The molecule has 0 radical (unpaired) electrons. The van der Waals surface area contributed by atoms with Gasteiger partial charge in [-0.15, -0.1) is 0 Å². The maximum atomic E-state index is 6.56. The van der Waals surface area contributed by atoms with E-state index in [-0.39, 0.29) is 10.8 Å². The van der Waals surface area contributed by atoms with E-state index in [2.05, 4.69) is 137 Å². The molecule has 1 aliphatic carbocycles. The summed E-state index contributed by atoms with van der Waals surface area (Å²) in [4.78, 5) is 15.6. The molecule has 4 nitrogen and oxygen atoms in total. The zero-order chi connectivity index (χ0) is 34.5. The summed E-state index contributed by atoms with van der Waals surface area (Å²) in [6, 6.07) is 49.1. The molecule has 0 unspecified atom stereocenters. The number of aromatic nitrogens is 3. The Morgan fingerprint density at radius 3 is 1.88 bits per heavy atom. The molecule has 4 heteroatoms. The molecular weight excluding hydrogens is 623 g/mol. The lowest BCUT2D eigenvalue weighted by molar-refractivity contribution is 0.299. The molecule has 0 fully saturated rings. The van der Waals surface area contributed by atoms with Crippen molar-refractivity contribution in [2.24, 2.45) is 0 Å². The average molecular weight is 658 g/mol. The summed E-state index contributed by atoms with van der Waals surface area (Å²) >= 11 is 0. The molecule has 0 atom stereocenters. The molecule has 2 heterocycles. The van der Waals surface area contributed by atoms with E-state index in [1.54, 1.807) is 0 Å².